The highest BCUT2D eigenvalue weighted by Gasteiger charge is 2.36. The monoisotopic (exact) mass is 500 g/mol. The van der Waals surface area contributed by atoms with Crippen molar-refractivity contribution in [1.29, 1.82) is 0 Å². The van der Waals surface area contributed by atoms with E-state index in [1.165, 1.54) is 11.1 Å². The number of amides is 1. The van der Waals surface area contributed by atoms with Gasteiger partial charge in [-0.1, -0.05) is 67.5 Å². The number of nitrogens with one attached hydrogen (secondary N) is 2. The van der Waals surface area contributed by atoms with E-state index in [9.17, 15) is 9.90 Å². The minimum absolute atomic E-state index is 0.0771. The number of likely N-dealkylation sites (N-methyl/N-ethyl adjacent to an activating group) is 1. The zero-order valence-corrected chi connectivity index (χ0v) is 23.1. The van der Waals surface area contributed by atoms with Gasteiger partial charge in [-0.3, -0.25) is 4.79 Å². The zero-order chi connectivity index (χ0) is 26.5. The second-order valence-corrected chi connectivity index (χ2v) is 10.5. The van der Waals surface area contributed by atoms with Crippen LogP contribution in [0.2, 0.25) is 0 Å². The van der Waals surface area contributed by atoms with Gasteiger partial charge < -0.3 is 25.2 Å². The largest absolute Gasteiger partial charge is 0.391 e. The Bertz CT molecular complexity index is 817. The molecule has 0 aromatic carbocycles. The molecule has 2 aliphatic rings. The predicted octanol–water partition coefficient (Wildman–Crippen LogP) is 4.98. The molecule has 202 valence electrons. The Kier molecular flexibility index (Phi) is 13.4. The van der Waals surface area contributed by atoms with Crippen molar-refractivity contribution in [1.82, 2.24) is 10.6 Å². The number of aliphatic hydroxyl groups excluding tert-OH is 1. The molecule has 0 radical (unpaired) electrons. The van der Waals surface area contributed by atoms with Crippen LogP contribution in [0.4, 0.5) is 0 Å². The first-order chi connectivity index (χ1) is 17.2. The normalized spacial score (nSPS) is 39.5. The summed E-state index contributed by atoms with van der Waals surface area (Å²) in [5.41, 5.74) is 2.62. The molecule has 36 heavy (non-hydrogen) atoms. The molecule has 0 saturated carbocycles. The van der Waals surface area contributed by atoms with Crippen molar-refractivity contribution in [2.45, 2.75) is 97.4 Å². The van der Waals surface area contributed by atoms with Crippen LogP contribution in [0.3, 0.4) is 0 Å². The fourth-order valence-electron chi connectivity index (χ4n) is 4.68. The van der Waals surface area contributed by atoms with Crippen LogP contribution in [0.5, 0.6) is 0 Å². The average Bonchev–Trinajstić information content (AvgIpc) is 2.82. The zero-order valence-electron chi connectivity index (χ0n) is 23.1. The molecule has 1 fully saturated rings. The Labute approximate surface area is 218 Å². The summed E-state index contributed by atoms with van der Waals surface area (Å²) in [5, 5.41) is 16.7. The van der Waals surface area contributed by atoms with Crippen molar-refractivity contribution in [3.63, 3.8) is 0 Å². The second-order valence-electron chi connectivity index (χ2n) is 10.5. The molecule has 1 amide bonds. The van der Waals surface area contributed by atoms with E-state index < -0.39 is 12.4 Å². The number of carbonyl (C=O) groups is 1. The van der Waals surface area contributed by atoms with Crippen LogP contribution in [0, 0.1) is 11.8 Å². The summed E-state index contributed by atoms with van der Waals surface area (Å²) in [4.78, 5) is 12.2. The summed E-state index contributed by atoms with van der Waals surface area (Å²) >= 11 is 0. The number of aliphatic hydroxyl groups is 1. The Morgan fingerprint density at radius 1 is 1.14 bits per heavy atom. The third kappa shape index (κ3) is 11.0. The van der Waals surface area contributed by atoms with Gasteiger partial charge in [0.25, 0.3) is 0 Å². The Morgan fingerprint density at radius 3 is 2.64 bits per heavy atom. The summed E-state index contributed by atoms with van der Waals surface area (Å²) in [5.74, 6) is 0.435. The Hall–Kier alpha value is -1.99. The van der Waals surface area contributed by atoms with E-state index in [0.717, 1.165) is 25.7 Å². The lowest BCUT2D eigenvalue weighted by Crippen LogP contribution is -2.54. The summed E-state index contributed by atoms with van der Waals surface area (Å²) in [6.45, 7) is 11.2. The van der Waals surface area contributed by atoms with E-state index in [1.807, 2.05) is 20.0 Å². The highest BCUT2D eigenvalue weighted by atomic mass is 16.7. The van der Waals surface area contributed by atoms with Crippen LogP contribution in [-0.4, -0.2) is 55.2 Å². The topological polar surface area (TPSA) is 79.8 Å². The molecule has 2 aliphatic heterocycles. The van der Waals surface area contributed by atoms with Gasteiger partial charge in [0.15, 0.2) is 6.29 Å². The SMILES string of the molecule is CN[C@H]1[C@@H](O)C[C@H](O[C@H]2C/C=C(\C)C/C(C)=C\C=C\CC[C@H](C)CNC(=O)/C=C/C=C/[C@@H]2C)O[C@@H]1C. The van der Waals surface area contributed by atoms with Crippen LogP contribution in [0.15, 0.2) is 59.8 Å². The average molecular weight is 501 g/mol. The van der Waals surface area contributed by atoms with Crippen molar-refractivity contribution < 1.29 is 19.4 Å². The molecular formula is C30H48N2O4. The van der Waals surface area contributed by atoms with Crippen LogP contribution in [-0.2, 0) is 14.3 Å². The first-order valence-electron chi connectivity index (χ1n) is 13.5. The van der Waals surface area contributed by atoms with Crippen LogP contribution < -0.4 is 10.6 Å². The van der Waals surface area contributed by atoms with Crippen molar-refractivity contribution >= 4 is 5.91 Å². The van der Waals surface area contributed by atoms with Gasteiger partial charge in [-0.25, -0.2) is 0 Å². The van der Waals surface area contributed by atoms with E-state index in [0.29, 0.717) is 18.9 Å². The molecule has 0 aromatic heterocycles. The molecule has 2 heterocycles. The van der Waals surface area contributed by atoms with E-state index >= 15 is 0 Å². The summed E-state index contributed by atoms with van der Waals surface area (Å²) < 4.78 is 12.5. The number of ether oxygens (including phenoxy) is 2. The summed E-state index contributed by atoms with van der Waals surface area (Å²) in [6, 6.07) is -0.105. The lowest BCUT2D eigenvalue weighted by molar-refractivity contribution is -0.241. The van der Waals surface area contributed by atoms with Gasteiger partial charge in [-0.2, -0.15) is 0 Å². The molecule has 0 aromatic rings. The van der Waals surface area contributed by atoms with E-state index in [4.69, 9.17) is 9.47 Å². The number of carbonyl (C=O) groups excluding carboxylic acids is 1. The van der Waals surface area contributed by atoms with Gasteiger partial charge in [-0.15, -0.1) is 0 Å². The molecule has 0 spiro atoms. The number of hydrogen-bond acceptors (Lipinski definition) is 5. The standard InChI is InChI=1S/C30H48N2O4/c1-21-12-8-7-9-13-23(3)20-32-28(34)15-11-10-14-24(4)27(17-16-22(2)18-21)36-29-19-26(33)30(31-6)25(5)35-29/h7-8,10-12,14-16,23-27,29-31,33H,9,13,17-20H2,1-6H3,(H,32,34)/b8-7+,14-10+,15-11+,21-12-,22-16+/t23-,24-,25+,26-,27-,29-,30+/m0/s1. The molecule has 6 nitrogen and oxygen atoms in total. The Morgan fingerprint density at radius 2 is 1.92 bits per heavy atom. The maximum atomic E-state index is 12.2. The van der Waals surface area contributed by atoms with Gasteiger partial charge >= 0.3 is 0 Å². The maximum absolute atomic E-state index is 12.2. The van der Waals surface area contributed by atoms with Crippen molar-refractivity contribution in [2.24, 2.45) is 11.8 Å². The van der Waals surface area contributed by atoms with Crippen LogP contribution in [0.25, 0.3) is 0 Å². The van der Waals surface area contributed by atoms with Gasteiger partial charge in [-0.05, 0) is 59.4 Å². The van der Waals surface area contributed by atoms with Gasteiger partial charge in [0.05, 0.1) is 24.4 Å². The maximum Gasteiger partial charge on any atom is 0.243 e. The lowest BCUT2D eigenvalue weighted by atomic mass is 9.97. The third-order valence-corrected chi connectivity index (χ3v) is 6.96. The number of allylic oxidation sites excluding steroid dienone is 7. The Balaban J connectivity index is 2.18. The molecule has 3 N–H and O–H groups in total. The highest BCUT2D eigenvalue weighted by Crippen LogP contribution is 2.26. The molecule has 6 heteroatoms. The van der Waals surface area contributed by atoms with Gasteiger partial charge in [0.2, 0.25) is 5.91 Å². The van der Waals surface area contributed by atoms with E-state index in [2.05, 4.69) is 68.7 Å². The van der Waals surface area contributed by atoms with Crippen molar-refractivity contribution in [3.8, 4) is 0 Å². The predicted molar refractivity (Wildman–Crippen MR) is 147 cm³/mol. The smallest absolute Gasteiger partial charge is 0.243 e. The summed E-state index contributed by atoms with van der Waals surface area (Å²) in [7, 11) is 1.84. The third-order valence-electron chi connectivity index (χ3n) is 6.96. The number of rotatable bonds is 3. The van der Waals surface area contributed by atoms with Gasteiger partial charge in [0, 0.05) is 25.0 Å². The second kappa shape index (κ2) is 16.0. The van der Waals surface area contributed by atoms with Crippen molar-refractivity contribution in [3.05, 3.63) is 59.8 Å². The minimum Gasteiger partial charge on any atom is -0.391 e. The molecular weight excluding hydrogens is 452 g/mol. The van der Waals surface area contributed by atoms with E-state index in [1.54, 1.807) is 12.2 Å². The summed E-state index contributed by atoms with van der Waals surface area (Å²) in [6.07, 6.45) is 19.0. The molecule has 0 unspecified atom stereocenters. The highest BCUT2D eigenvalue weighted by molar-refractivity contribution is 5.87. The first-order valence-corrected chi connectivity index (χ1v) is 13.5. The number of hydrogen-bond donors (Lipinski definition) is 3. The molecule has 2 rings (SSSR count). The van der Waals surface area contributed by atoms with Crippen LogP contribution in [0.1, 0.15) is 66.7 Å². The minimum atomic E-state index is -0.524. The fourth-order valence-corrected chi connectivity index (χ4v) is 4.68. The lowest BCUT2D eigenvalue weighted by Gasteiger charge is -2.39. The first kappa shape index (κ1) is 30.2. The molecule has 1 saturated heterocycles. The van der Waals surface area contributed by atoms with Crippen LogP contribution >= 0.6 is 0 Å². The molecule has 0 aliphatic carbocycles. The fraction of sp³-hybridized carbons (Fsp3) is 0.633. The van der Waals surface area contributed by atoms with E-state index in [-0.39, 0.29) is 30.1 Å². The quantitative estimate of drug-likeness (QED) is 0.477. The van der Waals surface area contributed by atoms with Gasteiger partial charge in [0.1, 0.15) is 0 Å². The molecule has 7 atom stereocenters. The molecule has 0 bridgehead atoms. The van der Waals surface area contributed by atoms with Crippen molar-refractivity contribution in [2.75, 3.05) is 13.6 Å².